The summed E-state index contributed by atoms with van der Waals surface area (Å²) in [6.07, 6.45) is 1.47. The number of benzene rings is 2. The first-order valence-electron chi connectivity index (χ1n) is 11.4. The van der Waals surface area contributed by atoms with Crippen molar-refractivity contribution >= 4 is 58.7 Å². The zero-order chi connectivity index (χ0) is 25.9. The third kappa shape index (κ3) is 5.98. The number of carbonyl (C=O) groups is 1. The van der Waals surface area contributed by atoms with Gasteiger partial charge in [-0.2, -0.15) is 4.98 Å². The van der Waals surface area contributed by atoms with Crippen LogP contribution in [0.2, 0.25) is 5.02 Å². The number of morpholine rings is 1. The quantitative estimate of drug-likeness (QED) is 0.311. The van der Waals surface area contributed by atoms with E-state index in [1.807, 2.05) is 18.2 Å². The fourth-order valence-electron chi connectivity index (χ4n) is 3.83. The summed E-state index contributed by atoms with van der Waals surface area (Å²) in [6.45, 7) is 7.80. The lowest BCUT2D eigenvalue weighted by Gasteiger charge is -2.29. The van der Waals surface area contributed by atoms with E-state index < -0.39 is 7.14 Å². The largest absolute Gasteiger partial charge is 0.495 e. The molecule has 1 fully saturated rings. The van der Waals surface area contributed by atoms with Crippen LogP contribution in [-0.2, 0) is 9.30 Å². The number of anilines is 5. The van der Waals surface area contributed by atoms with Crippen LogP contribution in [0.3, 0.4) is 0 Å². The highest BCUT2D eigenvalue weighted by Gasteiger charge is 2.18. The van der Waals surface area contributed by atoms with E-state index in [0.717, 1.165) is 18.8 Å². The Morgan fingerprint density at radius 1 is 1.11 bits per heavy atom. The number of rotatable bonds is 8. The Morgan fingerprint density at radius 2 is 1.83 bits per heavy atom. The summed E-state index contributed by atoms with van der Waals surface area (Å²) in [5.74, 6) is 1.06. The second-order valence-corrected chi connectivity index (χ2v) is 12.4. The number of aromatic nitrogens is 2. The molecule has 0 amide bonds. The number of Topliss-reactive ketones (excluding diaryl/α,β-unsaturated/α-hetero) is 1. The van der Waals surface area contributed by atoms with Crippen LogP contribution >= 0.6 is 18.7 Å². The highest BCUT2D eigenvalue weighted by molar-refractivity contribution is 7.70. The fourth-order valence-corrected chi connectivity index (χ4v) is 4.83. The van der Waals surface area contributed by atoms with Crippen molar-refractivity contribution < 1.29 is 18.8 Å². The number of nitrogens with one attached hydrogen (secondary N) is 2. The summed E-state index contributed by atoms with van der Waals surface area (Å²) in [5.41, 5.74) is 2.70. The van der Waals surface area contributed by atoms with Gasteiger partial charge >= 0.3 is 0 Å². The summed E-state index contributed by atoms with van der Waals surface area (Å²) < 4.78 is 23.3. The molecule has 11 heteroatoms. The maximum Gasteiger partial charge on any atom is 0.229 e. The molecule has 0 radical (unpaired) electrons. The van der Waals surface area contributed by atoms with E-state index in [0.29, 0.717) is 52.0 Å². The van der Waals surface area contributed by atoms with Gasteiger partial charge in [0.25, 0.3) is 0 Å². The van der Waals surface area contributed by atoms with E-state index in [1.54, 1.807) is 38.6 Å². The van der Waals surface area contributed by atoms with Gasteiger partial charge in [0.15, 0.2) is 11.6 Å². The minimum atomic E-state index is -2.44. The van der Waals surface area contributed by atoms with Crippen molar-refractivity contribution in [1.29, 1.82) is 0 Å². The molecule has 2 N–H and O–H groups in total. The Bertz CT molecular complexity index is 1320. The zero-order valence-corrected chi connectivity index (χ0v) is 22.3. The van der Waals surface area contributed by atoms with E-state index >= 15 is 0 Å². The van der Waals surface area contributed by atoms with Crippen LogP contribution in [-0.4, -0.2) is 62.5 Å². The number of ketones is 1. The third-order valence-corrected chi connectivity index (χ3v) is 7.61. The van der Waals surface area contributed by atoms with E-state index in [1.165, 1.54) is 13.1 Å². The van der Waals surface area contributed by atoms with Crippen LogP contribution in [0.5, 0.6) is 5.75 Å². The van der Waals surface area contributed by atoms with Crippen molar-refractivity contribution in [3.8, 4) is 5.75 Å². The van der Waals surface area contributed by atoms with Gasteiger partial charge in [0.2, 0.25) is 5.95 Å². The smallest absolute Gasteiger partial charge is 0.229 e. The molecule has 0 saturated carbocycles. The molecule has 4 rings (SSSR count). The van der Waals surface area contributed by atoms with Crippen LogP contribution in [0.25, 0.3) is 0 Å². The predicted octanol–water partition coefficient (Wildman–Crippen LogP) is 4.91. The number of carbonyl (C=O) groups excluding carboxylic acids is 1. The molecule has 1 aromatic heterocycles. The highest BCUT2D eigenvalue weighted by Crippen LogP contribution is 2.38. The maximum atomic E-state index is 12.5. The Kier molecular flexibility index (Phi) is 7.83. The van der Waals surface area contributed by atoms with Crippen molar-refractivity contribution in [3.63, 3.8) is 0 Å². The Hall–Kier alpha value is -3.13. The molecule has 2 aromatic carbocycles. The predicted molar refractivity (Wildman–Crippen MR) is 145 cm³/mol. The second-order valence-electron chi connectivity index (χ2n) is 8.76. The van der Waals surface area contributed by atoms with Crippen molar-refractivity contribution in [2.24, 2.45) is 0 Å². The Balaban J connectivity index is 1.60. The second kappa shape index (κ2) is 10.9. The first-order chi connectivity index (χ1) is 17.2. The Morgan fingerprint density at radius 3 is 2.50 bits per heavy atom. The molecule has 9 nitrogen and oxygen atoms in total. The van der Waals surface area contributed by atoms with Gasteiger partial charge in [0, 0.05) is 29.6 Å². The van der Waals surface area contributed by atoms with Gasteiger partial charge in [0.1, 0.15) is 17.9 Å². The third-order valence-electron chi connectivity index (χ3n) is 5.81. The lowest BCUT2D eigenvalue weighted by molar-refractivity contribution is 0.101. The summed E-state index contributed by atoms with van der Waals surface area (Å²) in [4.78, 5) is 23.4. The lowest BCUT2D eigenvalue weighted by Crippen LogP contribution is -2.36. The number of hydrogen-bond donors (Lipinski definition) is 2. The Labute approximate surface area is 215 Å². The molecule has 0 atom stereocenters. The standard InChI is InChI=1S/C25H29ClN5O4P/c1-16(32)19-13-17(31-9-11-35-12-10-31)5-7-21(19)28-24-20(26)15-27-25(30-24)29-22-8-6-18(36(3,4)33)14-23(22)34-2/h5-8,13-15H,9-12H2,1-4H3,(H2,27,28,29,30). The average molecular weight is 530 g/mol. The van der Waals surface area contributed by atoms with Crippen molar-refractivity contribution in [2.45, 2.75) is 6.92 Å². The van der Waals surface area contributed by atoms with Crippen molar-refractivity contribution in [3.05, 3.63) is 53.2 Å². The maximum absolute atomic E-state index is 12.5. The molecule has 0 spiro atoms. The highest BCUT2D eigenvalue weighted by atomic mass is 35.5. The summed E-state index contributed by atoms with van der Waals surface area (Å²) in [6, 6.07) is 11.0. The van der Waals surface area contributed by atoms with Gasteiger partial charge in [-0.15, -0.1) is 0 Å². The fraction of sp³-hybridized carbons (Fsp3) is 0.320. The van der Waals surface area contributed by atoms with Crippen LogP contribution in [0, 0.1) is 0 Å². The number of nitrogens with zero attached hydrogens (tertiary/aromatic N) is 3. The molecule has 0 unspecified atom stereocenters. The molecule has 1 saturated heterocycles. The van der Waals surface area contributed by atoms with Gasteiger partial charge < -0.3 is 29.6 Å². The summed E-state index contributed by atoms with van der Waals surface area (Å²) in [5, 5.41) is 7.31. The van der Waals surface area contributed by atoms with E-state index in [4.69, 9.17) is 21.1 Å². The van der Waals surface area contributed by atoms with Crippen LogP contribution in [0.15, 0.2) is 42.6 Å². The van der Waals surface area contributed by atoms with Crippen molar-refractivity contribution in [1.82, 2.24) is 9.97 Å². The molecule has 3 aromatic rings. The topological polar surface area (TPSA) is 106 Å². The van der Waals surface area contributed by atoms with Gasteiger partial charge in [0.05, 0.1) is 37.9 Å². The monoisotopic (exact) mass is 529 g/mol. The zero-order valence-electron chi connectivity index (χ0n) is 20.7. The molecule has 2 heterocycles. The lowest BCUT2D eigenvalue weighted by atomic mass is 10.1. The van der Waals surface area contributed by atoms with Crippen LogP contribution < -0.4 is 25.6 Å². The molecule has 190 valence electrons. The van der Waals surface area contributed by atoms with Crippen LogP contribution in [0.4, 0.5) is 28.8 Å². The van der Waals surface area contributed by atoms with E-state index in [-0.39, 0.29) is 11.7 Å². The summed E-state index contributed by atoms with van der Waals surface area (Å²) in [7, 11) is -0.901. The molecule has 36 heavy (non-hydrogen) atoms. The average Bonchev–Trinajstić information content (AvgIpc) is 2.86. The first kappa shape index (κ1) is 25.9. The molecule has 1 aliphatic heterocycles. The molecular weight excluding hydrogens is 501 g/mol. The number of ether oxygens (including phenoxy) is 2. The normalized spacial score (nSPS) is 13.9. The number of methoxy groups -OCH3 is 1. The molecular formula is C25H29ClN5O4P. The van der Waals surface area contributed by atoms with Gasteiger partial charge in [-0.25, -0.2) is 4.98 Å². The van der Waals surface area contributed by atoms with Gasteiger partial charge in [-0.3, -0.25) is 4.79 Å². The minimum absolute atomic E-state index is 0.0786. The molecule has 0 bridgehead atoms. The first-order valence-corrected chi connectivity index (χ1v) is 14.4. The van der Waals surface area contributed by atoms with Crippen molar-refractivity contribution in [2.75, 3.05) is 62.3 Å². The van der Waals surface area contributed by atoms with Crippen LogP contribution in [0.1, 0.15) is 17.3 Å². The number of hydrogen-bond acceptors (Lipinski definition) is 9. The van der Waals surface area contributed by atoms with E-state index in [2.05, 4.69) is 25.5 Å². The van der Waals surface area contributed by atoms with E-state index in [9.17, 15) is 9.36 Å². The van der Waals surface area contributed by atoms with Gasteiger partial charge in [-0.05, 0) is 56.7 Å². The molecule has 1 aliphatic rings. The minimum Gasteiger partial charge on any atom is -0.495 e. The SMILES string of the molecule is COc1cc(P(C)(C)=O)ccc1Nc1ncc(Cl)c(Nc2ccc(N3CCOCC3)cc2C(C)=O)n1. The summed E-state index contributed by atoms with van der Waals surface area (Å²) >= 11 is 6.39. The van der Waals surface area contributed by atoms with Gasteiger partial charge in [-0.1, -0.05) is 11.6 Å². The molecule has 0 aliphatic carbocycles. The number of halogens is 1.